The maximum Gasteiger partial charge on any atom is 0.418 e. The molecule has 1 aromatic carbocycles. The molecule has 3 N–H and O–H groups in total. The Hall–Kier alpha value is -2.09. The molecule has 1 amide bonds. The van der Waals surface area contributed by atoms with Gasteiger partial charge in [0, 0.05) is 12.1 Å². The van der Waals surface area contributed by atoms with Crippen molar-refractivity contribution >= 4 is 17.6 Å². The van der Waals surface area contributed by atoms with Crippen molar-refractivity contribution < 1.29 is 33.0 Å². The monoisotopic (exact) mass is 291 g/mol. The van der Waals surface area contributed by atoms with Crippen LogP contribution in [0.3, 0.4) is 0 Å². The number of nitrogens with one attached hydrogen (secondary N) is 1. The lowest BCUT2D eigenvalue weighted by Crippen LogP contribution is -2.20. The average molecular weight is 291 g/mol. The van der Waals surface area contributed by atoms with E-state index in [-0.39, 0.29) is 24.1 Å². The summed E-state index contributed by atoms with van der Waals surface area (Å²) in [7, 11) is 0. The number of hydrogen-bond acceptors (Lipinski definition) is 3. The van der Waals surface area contributed by atoms with Crippen LogP contribution >= 0.6 is 0 Å². The second-order valence-corrected chi connectivity index (χ2v) is 4.01. The van der Waals surface area contributed by atoms with Crippen molar-refractivity contribution in [2.45, 2.75) is 25.1 Å². The molecule has 0 aliphatic heterocycles. The van der Waals surface area contributed by atoms with E-state index in [1.807, 2.05) is 0 Å². The van der Waals surface area contributed by atoms with Gasteiger partial charge in [0.1, 0.15) is 0 Å². The molecule has 0 spiro atoms. The van der Waals surface area contributed by atoms with E-state index < -0.39 is 24.2 Å². The Morgan fingerprint density at radius 3 is 2.15 bits per heavy atom. The Bertz CT molecular complexity index is 484. The number of hydrogen-bond donors (Lipinski definition) is 3. The van der Waals surface area contributed by atoms with Crippen LogP contribution in [0.5, 0.6) is 0 Å². The minimum atomic E-state index is -4.76. The molecule has 0 heterocycles. The van der Waals surface area contributed by atoms with E-state index >= 15 is 0 Å². The Kier molecular flexibility index (Phi) is 5.09. The maximum atomic E-state index is 12.2. The van der Waals surface area contributed by atoms with Gasteiger partial charge in [-0.1, -0.05) is 12.1 Å². The third-order valence-electron chi connectivity index (χ3n) is 2.39. The Morgan fingerprint density at radius 2 is 1.70 bits per heavy atom. The van der Waals surface area contributed by atoms with Gasteiger partial charge in [0.2, 0.25) is 5.91 Å². The molecule has 0 aliphatic rings. The van der Waals surface area contributed by atoms with Crippen LogP contribution in [-0.2, 0) is 9.59 Å². The number of carbonyl (C=O) groups excluding carboxylic acids is 1. The first-order valence-corrected chi connectivity index (χ1v) is 5.56. The van der Waals surface area contributed by atoms with Gasteiger partial charge in [-0.3, -0.25) is 9.59 Å². The van der Waals surface area contributed by atoms with Crippen molar-refractivity contribution in [3.63, 3.8) is 0 Å². The normalized spacial score (nSPS) is 12.8. The zero-order chi connectivity index (χ0) is 15.3. The van der Waals surface area contributed by atoms with E-state index in [1.165, 1.54) is 12.1 Å². The number of rotatable bonds is 5. The smallest absolute Gasteiger partial charge is 0.418 e. The van der Waals surface area contributed by atoms with Gasteiger partial charge in [0.15, 0.2) is 6.10 Å². The van der Waals surface area contributed by atoms with Gasteiger partial charge in [0.05, 0.1) is 6.42 Å². The summed E-state index contributed by atoms with van der Waals surface area (Å²) in [5.41, 5.74) is -0.125. The predicted octanol–water partition coefficient (Wildman–Crippen LogP) is 2.09. The highest BCUT2D eigenvalue weighted by atomic mass is 19.4. The molecule has 5 nitrogen and oxygen atoms in total. The van der Waals surface area contributed by atoms with E-state index in [2.05, 4.69) is 5.32 Å². The quantitative estimate of drug-likeness (QED) is 0.775. The van der Waals surface area contributed by atoms with Crippen LogP contribution in [0.2, 0.25) is 0 Å². The third-order valence-corrected chi connectivity index (χ3v) is 2.39. The van der Waals surface area contributed by atoms with Gasteiger partial charge in [0.25, 0.3) is 0 Å². The van der Waals surface area contributed by atoms with Gasteiger partial charge < -0.3 is 15.5 Å². The first kappa shape index (κ1) is 16.0. The fourth-order valence-electron chi connectivity index (χ4n) is 1.38. The number of aliphatic carboxylic acids is 1. The molecule has 0 saturated heterocycles. The number of halogens is 3. The van der Waals surface area contributed by atoms with E-state index in [9.17, 15) is 22.8 Å². The molecular formula is C12H12F3NO4. The number of benzene rings is 1. The van der Waals surface area contributed by atoms with Gasteiger partial charge in [-0.05, 0) is 17.7 Å². The molecule has 0 fully saturated rings. The molecule has 0 aromatic heterocycles. The summed E-state index contributed by atoms with van der Waals surface area (Å²) in [6, 6.07) is 4.46. The van der Waals surface area contributed by atoms with Gasteiger partial charge in [-0.2, -0.15) is 13.2 Å². The van der Waals surface area contributed by atoms with E-state index in [0.717, 1.165) is 12.1 Å². The average Bonchev–Trinajstić information content (AvgIpc) is 2.35. The van der Waals surface area contributed by atoms with Crippen molar-refractivity contribution in [3.05, 3.63) is 29.8 Å². The second kappa shape index (κ2) is 6.38. The summed E-state index contributed by atoms with van der Waals surface area (Å²) in [5.74, 6) is -1.68. The predicted molar refractivity (Wildman–Crippen MR) is 63.0 cm³/mol. The van der Waals surface area contributed by atoms with Crippen LogP contribution in [0.25, 0.3) is 0 Å². The van der Waals surface area contributed by atoms with Crippen LogP contribution < -0.4 is 5.32 Å². The Balaban J connectivity index is 2.63. The molecule has 1 atom stereocenters. The summed E-state index contributed by atoms with van der Waals surface area (Å²) in [6.07, 6.45) is -7.91. The first-order chi connectivity index (χ1) is 9.20. The standard InChI is InChI=1S/C12H12F3NO4/c13-12(14,15)11(20)7-1-3-8(4-2-7)16-9(17)5-6-10(18)19/h1-4,11,20H,5-6H2,(H,16,17)(H,18,19). The number of carboxylic acid groups (broad SMARTS) is 1. The van der Waals surface area contributed by atoms with Gasteiger partial charge >= 0.3 is 12.1 Å². The summed E-state index contributed by atoms with van der Waals surface area (Å²) in [5, 5.41) is 19.7. The summed E-state index contributed by atoms with van der Waals surface area (Å²) >= 11 is 0. The number of anilines is 1. The molecule has 0 aliphatic carbocycles. The number of amides is 1. The van der Waals surface area contributed by atoms with Gasteiger partial charge in [-0.25, -0.2) is 0 Å². The van der Waals surface area contributed by atoms with Crippen LogP contribution in [-0.4, -0.2) is 28.3 Å². The third kappa shape index (κ3) is 4.88. The largest absolute Gasteiger partial charge is 0.481 e. The summed E-state index contributed by atoms with van der Waals surface area (Å²) in [4.78, 5) is 21.5. The topological polar surface area (TPSA) is 86.6 Å². The SMILES string of the molecule is O=C(O)CCC(=O)Nc1ccc(C(O)C(F)(F)F)cc1. The minimum Gasteiger partial charge on any atom is -0.481 e. The molecule has 0 saturated carbocycles. The van der Waals surface area contributed by atoms with E-state index in [0.29, 0.717) is 0 Å². The van der Waals surface area contributed by atoms with E-state index in [1.54, 1.807) is 0 Å². The van der Waals surface area contributed by atoms with Gasteiger partial charge in [-0.15, -0.1) is 0 Å². The number of aliphatic hydroxyl groups is 1. The van der Waals surface area contributed by atoms with Crippen molar-refractivity contribution in [1.82, 2.24) is 0 Å². The zero-order valence-electron chi connectivity index (χ0n) is 10.1. The van der Waals surface area contributed by atoms with Crippen LogP contribution in [0.1, 0.15) is 24.5 Å². The summed E-state index contributed by atoms with van der Waals surface area (Å²) < 4.78 is 36.7. The molecule has 1 unspecified atom stereocenters. The van der Waals surface area contributed by atoms with Crippen molar-refractivity contribution in [2.24, 2.45) is 0 Å². The molecule has 20 heavy (non-hydrogen) atoms. The molecule has 8 heteroatoms. The molecule has 1 aromatic rings. The molecule has 0 bridgehead atoms. The lowest BCUT2D eigenvalue weighted by Gasteiger charge is -2.15. The zero-order valence-corrected chi connectivity index (χ0v) is 10.1. The van der Waals surface area contributed by atoms with Crippen molar-refractivity contribution in [1.29, 1.82) is 0 Å². The molecule has 1 rings (SSSR count). The number of aliphatic hydroxyl groups excluding tert-OH is 1. The fraction of sp³-hybridized carbons (Fsp3) is 0.333. The van der Waals surface area contributed by atoms with Crippen LogP contribution in [0.15, 0.2) is 24.3 Å². The minimum absolute atomic E-state index is 0.221. The van der Waals surface area contributed by atoms with Crippen LogP contribution in [0, 0.1) is 0 Å². The van der Waals surface area contributed by atoms with Crippen molar-refractivity contribution in [3.8, 4) is 0 Å². The second-order valence-electron chi connectivity index (χ2n) is 4.01. The Labute approximate surface area is 112 Å². The highest BCUT2D eigenvalue weighted by Crippen LogP contribution is 2.32. The number of carboxylic acids is 1. The van der Waals surface area contributed by atoms with Crippen LogP contribution in [0.4, 0.5) is 18.9 Å². The number of alkyl halides is 3. The molecule has 0 radical (unpaired) electrons. The number of carbonyl (C=O) groups is 2. The highest BCUT2D eigenvalue weighted by molar-refractivity contribution is 5.92. The van der Waals surface area contributed by atoms with E-state index in [4.69, 9.17) is 10.2 Å². The highest BCUT2D eigenvalue weighted by Gasteiger charge is 2.39. The first-order valence-electron chi connectivity index (χ1n) is 5.56. The lowest BCUT2D eigenvalue weighted by molar-refractivity contribution is -0.206. The maximum absolute atomic E-state index is 12.2. The Morgan fingerprint density at radius 1 is 1.15 bits per heavy atom. The molecular weight excluding hydrogens is 279 g/mol. The fourth-order valence-corrected chi connectivity index (χ4v) is 1.38. The summed E-state index contributed by atoms with van der Waals surface area (Å²) in [6.45, 7) is 0. The lowest BCUT2D eigenvalue weighted by atomic mass is 10.1. The molecule has 110 valence electrons. The van der Waals surface area contributed by atoms with Crippen molar-refractivity contribution in [2.75, 3.05) is 5.32 Å².